The number of ether oxygens (including phenoxy) is 2. The maximum absolute atomic E-state index is 12.7. The van der Waals surface area contributed by atoms with Gasteiger partial charge in [0.2, 0.25) is 0 Å². The molecule has 3 aromatic rings. The summed E-state index contributed by atoms with van der Waals surface area (Å²) in [7, 11) is -3.20. The number of carbonyl (C=O) groups excluding carboxylic acids is 2. The standard InChI is InChI=1S/C22H20O7S/c1-2-27-22(24)19-17-12-16(28-21(23)15-10-11-30(25,26)13-15)8-9-18(17)29-20(19)14-6-4-3-5-7-14/h3-9,12,15H,2,10-11,13H2,1H3. The van der Waals surface area contributed by atoms with Gasteiger partial charge in [-0.05, 0) is 31.5 Å². The molecule has 0 aliphatic carbocycles. The lowest BCUT2D eigenvalue weighted by Gasteiger charge is -2.08. The van der Waals surface area contributed by atoms with E-state index in [9.17, 15) is 18.0 Å². The second-order valence-corrected chi connectivity index (χ2v) is 9.30. The first-order valence-electron chi connectivity index (χ1n) is 9.59. The average Bonchev–Trinajstić information content (AvgIpc) is 3.28. The van der Waals surface area contributed by atoms with E-state index < -0.39 is 27.7 Å². The number of furan rings is 1. The van der Waals surface area contributed by atoms with Crippen LogP contribution in [0.4, 0.5) is 0 Å². The van der Waals surface area contributed by atoms with Gasteiger partial charge in [-0.25, -0.2) is 13.2 Å². The third-order valence-electron chi connectivity index (χ3n) is 4.96. The van der Waals surface area contributed by atoms with Crippen LogP contribution >= 0.6 is 0 Å². The summed E-state index contributed by atoms with van der Waals surface area (Å²) in [5.74, 6) is -1.45. The predicted octanol–water partition coefficient (Wildman–Crippen LogP) is 3.62. The van der Waals surface area contributed by atoms with Crippen LogP contribution in [0.15, 0.2) is 52.9 Å². The highest BCUT2D eigenvalue weighted by atomic mass is 32.2. The Morgan fingerprint density at radius 1 is 1.13 bits per heavy atom. The first-order valence-corrected chi connectivity index (χ1v) is 11.4. The van der Waals surface area contributed by atoms with Crippen LogP contribution in [0, 0.1) is 5.92 Å². The molecule has 1 aromatic heterocycles. The van der Waals surface area contributed by atoms with Crippen molar-refractivity contribution in [3.8, 4) is 17.1 Å². The number of carbonyl (C=O) groups is 2. The molecule has 2 aromatic carbocycles. The summed E-state index contributed by atoms with van der Waals surface area (Å²) in [5.41, 5.74) is 1.41. The van der Waals surface area contributed by atoms with Gasteiger partial charge in [-0.3, -0.25) is 4.79 Å². The largest absolute Gasteiger partial charge is 0.462 e. The summed E-state index contributed by atoms with van der Waals surface area (Å²) < 4.78 is 39.8. The van der Waals surface area contributed by atoms with Gasteiger partial charge in [0.05, 0.1) is 24.0 Å². The fourth-order valence-electron chi connectivity index (χ4n) is 3.52. The number of hydrogen-bond donors (Lipinski definition) is 0. The maximum atomic E-state index is 12.7. The third kappa shape index (κ3) is 3.95. The van der Waals surface area contributed by atoms with E-state index in [0.717, 1.165) is 0 Å². The molecule has 1 fully saturated rings. The van der Waals surface area contributed by atoms with Crippen molar-refractivity contribution in [2.75, 3.05) is 18.1 Å². The fraction of sp³-hybridized carbons (Fsp3) is 0.273. The number of fused-ring (bicyclic) bond motifs is 1. The zero-order valence-corrected chi connectivity index (χ0v) is 17.1. The summed E-state index contributed by atoms with van der Waals surface area (Å²) in [6.07, 6.45) is 0.251. The van der Waals surface area contributed by atoms with Gasteiger partial charge >= 0.3 is 11.9 Å². The lowest BCUT2D eigenvalue weighted by molar-refractivity contribution is -0.138. The number of sulfone groups is 1. The molecule has 156 valence electrons. The normalized spacial score (nSPS) is 17.7. The summed E-state index contributed by atoms with van der Waals surface area (Å²) in [6.45, 7) is 1.91. The Balaban J connectivity index is 1.72. The Kier molecular flexibility index (Phi) is 5.34. The Bertz CT molecular complexity index is 1210. The molecular weight excluding hydrogens is 408 g/mol. The van der Waals surface area contributed by atoms with Crippen LogP contribution in [-0.2, 0) is 19.4 Å². The average molecular weight is 428 g/mol. The minimum Gasteiger partial charge on any atom is -0.462 e. The van der Waals surface area contributed by atoms with Crippen molar-refractivity contribution >= 4 is 32.7 Å². The van der Waals surface area contributed by atoms with Crippen molar-refractivity contribution in [1.82, 2.24) is 0 Å². The van der Waals surface area contributed by atoms with E-state index in [1.807, 2.05) is 30.3 Å². The molecule has 1 aliphatic heterocycles. The Hall–Kier alpha value is -3.13. The topological polar surface area (TPSA) is 99.9 Å². The second kappa shape index (κ2) is 7.95. The zero-order chi connectivity index (χ0) is 21.3. The van der Waals surface area contributed by atoms with E-state index in [4.69, 9.17) is 13.9 Å². The lowest BCUT2D eigenvalue weighted by atomic mass is 10.1. The van der Waals surface area contributed by atoms with Gasteiger partial charge in [0.25, 0.3) is 0 Å². The van der Waals surface area contributed by atoms with Crippen LogP contribution in [0.5, 0.6) is 5.75 Å². The lowest BCUT2D eigenvalue weighted by Crippen LogP contribution is -2.21. The molecule has 1 atom stereocenters. The number of esters is 2. The van der Waals surface area contributed by atoms with Crippen LogP contribution in [-0.4, -0.2) is 38.5 Å². The monoisotopic (exact) mass is 428 g/mol. The number of benzene rings is 2. The molecule has 0 radical (unpaired) electrons. The van der Waals surface area contributed by atoms with E-state index in [2.05, 4.69) is 0 Å². The molecule has 4 rings (SSSR count). The molecular formula is C22H20O7S. The summed E-state index contributed by atoms with van der Waals surface area (Å²) in [5, 5.41) is 0.455. The first kappa shape index (κ1) is 20.2. The van der Waals surface area contributed by atoms with E-state index in [1.165, 1.54) is 0 Å². The highest BCUT2D eigenvalue weighted by Crippen LogP contribution is 2.36. The molecule has 1 saturated heterocycles. The number of hydrogen-bond acceptors (Lipinski definition) is 7. The quantitative estimate of drug-likeness (QED) is 0.452. The van der Waals surface area contributed by atoms with Gasteiger partial charge < -0.3 is 13.9 Å². The molecule has 0 amide bonds. The molecule has 8 heteroatoms. The molecule has 1 aliphatic rings. The minimum atomic E-state index is -3.20. The Labute approximate surface area is 173 Å². The van der Waals surface area contributed by atoms with Crippen LogP contribution in [0.1, 0.15) is 23.7 Å². The van der Waals surface area contributed by atoms with Crippen molar-refractivity contribution < 1.29 is 31.9 Å². The smallest absolute Gasteiger partial charge is 0.342 e. The molecule has 30 heavy (non-hydrogen) atoms. The summed E-state index contributed by atoms with van der Waals surface area (Å²) in [4.78, 5) is 25.1. The number of rotatable bonds is 5. The summed E-state index contributed by atoms with van der Waals surface area (Å²) in [6, 6.07) is 13.9. The van der Waals surface area contributed by atoms with Crippen LogP contribution in [0.25, 0.3) is 22.3 Å². The van der Waals surface area contributed by atoms with E-state index in [0.29, 0.717) is 22.3 Å². The van der Waals surface area contributed by atoms with Gasteiger partial charge in [-0.2, -0.15) is 0 Å². The third-order valence-corrected chi connectivity index (χ3v) is 6.73. The van der Waals surface area contributed by atoms with Gasteiger partial charge in [-0.1, -0.05) is 30.3 Å². The van der Waals surface area contributed by atoms with Crippen molar-refractivity contribution in [2.24, 2.45) is 5.92 Å². The van der Waals surface area contributed by atoms with Gasteiger partial charge in [0.15, 0.2) is 9.84 Å². The second-order valence-electron chi connectivity index (χ2n) is 7.07. The fourth-order valence-corrected chi connectivity index (χ4v) is 5.25. The molecule has 0 N–H and O–H groups in total. The van der Waals surface area contributed by atoms with Crippen molar-refractivity contribution in [3.63, 3.8) is 0 Å². The molecule has 1 unspecified atom stereocenters. The molecule has 0 spiro atoms. The Morgan fingerprint density at radius 2 is 1.90 bits per heavy atom. The molecule has 2 heterocycles. The van der Waals surface area contributed by atoms with E-state index in [1.54, 1.807) is 25.1 Å². The minimum absolute atomic E-state index is 0.0129. The molecule has 0 bridgehead atoms. The van der Waals surface area contributed by atoms with Gasteiger partial charge in [0, 0.05) is 10.9 Å². The van der Waals surface area contributed by atoms with Crippen molar-refractivity contribution in [3.05, 3.63) is 54.1 Å². The predicted molar refractivity (Wildman–Crippen MR) is 110 cm³/mol. The summed E-state index contributed by atoms with van der Waals surface area (Å²) >= 11 is 0. The van der Waals surface area contributed by atoms with Crippen molar-refractivity contribution in [1.29, 1.82) is 0 Å². The van der Waals surface area contributed by atoms with Gasteiger partial charge in [-0.15, -0.1) is 0 Å². The van der Waals surface area contributed by atoms with E-state index in [-0.39, 0.29) is 35.8 Å². The highest BCUT2D eigenvalue weighted by molar-refractivity contribution is 7.91. The van der Waals surface area contributed by atoms with Crippen LogP contribution in [0.2, 0.25) is 0 Å². The molecule has 7 nitrogen and oxygen atoms in total. The first-order chi connectivity index (χ1) is 14.4. The Morgan fingerprint density at radius 3 is 2.57 bits per heavy atom. The maximum Gasteiger partial charge on any atom is 0.342 e. The highest BCUT2D eigenvalue weighted by Gasteiger charge is 2.34. The van der Waals surface area contributed by atoms with E-state index >= 15 is 0 Å². The van der Waals surface area contributed by atoms with Gasteiger partial charge in [0.1, 0.15) is 22.7 Å². The SMILES string of the molecule is CCOC(=O)c1c(-c2ccccc2)oc2ccc(OC(=O)C3CCS(=O)(=O)C3)cc12. The zero-order valence-electron chi connectivity index (χ0n) is 16.3. The van der Waals surface area contributed by atoms with Crippen molar-refractivity contribution in [2.45, 2.75) is 13.3 Å². The van der Waals surface area contributed by atoms with Crippen LogP contribution in [0.3, 0.4) is 0 Å². The van der Waals surface area contributed by atoms with Crippen LogP contribution < -0.4 is 4.74 Å². The molecule has 0 saturated carbocycles.